The molecule has 1 aromatic heterocycles. The lowest BCUT2D eigenvalue weighted by atomic mass is 10.3. The standard InChI is InChI=1S/C13H14N2OS/c14-9-4-6-10(7-5-9)16-8-13-15-11-2-1-3-12(11)17-13/h4-7H,1-3,8,14H2. The first-order chi connectivity index (χ1) is 8.31. The van der Waals surface area contributed by atoms with Gasteiger partial charge in [0.1, 0.15) is 17.4 Å². The van der Waals surface area contributed by atoms with Crippen molar-refractivity contribution in [3.05, 3.63) is 39.8 Å². The van der Waals surface area contributed by atoms with E-state index in [0.717, 1.165) is 22.9 Å². The van der Waals surface area contributed by atoms with E-state index < -0.39 is 0 Å². The molecule has 88 valence electrons. The van der Waals surface area contributed by atoms with E-state index in [1.165, 1.54) is 23.4 Å². The van der Waals surface area contributed by atoms with Crippen LogP contribution in [0, 0.1) is 0 Å². The molecule has 0 amide bonds. The molecule has 0 unspecified atom stereocenters. The highest BCUT2D eigenvalue weighted by Crippen LogP contribution is 2.28. The van der Waals surface area contributed by atoms with Crippen LogP contribution >= 0.6 is 11.3 Å². The van der Waals surface area contributed by atoms with Gasteiger partial charge in [-0.05, 0) is 43.5 Å². The van der Waals surface area contributed by atoms with Gasteiger partial charge in [-0.3, -0.25) is 0 Å². The minimum absolute atomic E-state index is 0.557. The molecular weight excluding hydrogens is 232 g/mol. The van der Waals surface area contributed by atoms with Crippen molar-refractivity contribution in [3.8, 4) is 5.75 Å². The first-order valence-electron chi connectivity index (χ1n) is 5.77. The van der Waals surface area contributed by atoms with Crippen molar-refractivity contribution in [2.45, 2.75) is 25.9 Å². The molecule has 0 saturated heterocycles. The third-order valence-corrected chi connectivity index (χ3v) is 4.01. The van der Waals surface area contributed by atoms with Crippen molar-refractivity contribution in [1.29, 1.82) is 0 Å². The second-order valence-corrected chi connectivity index (χ2v) is 5.36. The van der Waals surface area contributed by atoms with Crippen LogP contribution in [0.25, 0.3) is 0 Å². The number of rotatable bonds is 3. The second kappa shape index (κ2) is 4.37. The van der Waals surface area contributed by atoms with E-state index in [1.54, 1.807) is 11.3 Å². The SMILES string of the molecule is Nc1ccc(OCc2nc3c(s2)CCC3)cc1. The third-order valence-electron chi connectivity index (χ3n) is 2.88. The van der Waals surface area contributed by atoms with E-state index in [4.69, 9.17) is 10.5 Å². The minimum Gasteiger partial charge on any atom is -0.486 e. The number of thiazole rings is 1. The zero-order valence-corrected chi connectivity index (χ0v) is 10.3. The Hall–Kier alpha value is -1.55. The third kappa shape index (κ3) is 2.26. The monoisotopic (exact) mass is 246 g/mol. The summed E-state index contributed by atoms with van der Waals surface area (Å²) >= 11 is 1.78. The van der Waals surface area contributed by atoms with Crippen LogP contribution in [0.1, 0.15) is 22.0 Å². The second-order valence-electron chi connectivity index (χ2n) is 4.19. The van der Waals surface area contributed by atoms with Gasteiger partial charge in [0, 0.05) is 10.6 Å². The van der Waals surface area contributed by atoms with Gasteiger partial charge in [0.15, 0.2) is 0 Å². The number of aromatic nitrogens is 1. The average Bonchev–Trinajstić information content (AvgIpc) is 2.88. The fourth-order valence-electron chi connectivity index (χ4n) is 2.01. The van der Waals surface area contributed by atoms with Crippen LogP contribution in [0.15, 0.2) is 24.3 Å². The van der Waals surface area contributed by atoms with Gasteiger partial charge in [-0.2, -0.15) is 0 Å². The van der Waals surface area contributed by atoms with Crippen LogP contribution in [0.3, 0.4) is 0 Å². The summed E-state index contributed by atoms with van der Waals surface area (Å²) < 4.78 is 5.68. The van der Waals surface area contributed by atoms with Gasteiger partial charge in [-0.15, -0.1) is 11.3 Å². The summed E-state index contributed by atoms with van der Waals surface area (Å²) in [6.45, 7) is 0.557. The molecule has 0 bridgehead atoms. The Labute approximate surface area is 104 Å². The van der Waals surface area contributed by atoms with Crippen LogP contribution in [0.5, 0.6) is 5.75 Å². The molecule has 2 aromatic rings. The topological polar surface area (TPSA) is 48.1 Å². The molecule has 0 fully saturated rings. The van der Waals surface area contributed by atoms with E-state index in [0.29, 0.717) is 6.61 Å². The predicted octanol–water partition coefficient (Wildman–Crippen LogP) is 2.79. The number of nitrogens with zero attached hydrogens (tertiary/aromatic N) is 1. The van der Waals surface area contributed by atoms with E-state index in [2.05, 4.69) is 4.98 Å². The van der Waals surface area contributed by atoms with Gasteiger partial charge >= 0.3 is 0 Å². The first-order valence-corrected chi connectivity index (χ1v) is 6.59. The zero-order chi connectivity index (χ0) is 11.7. The van der Waals surface area contributed by atoms with Crippen molar-refractivity contribution in [3.63, 3.8) is 0 Å². The van der Waals surface area contributed by atoms with Crippen molar-refractivity contribution < 1.29 is 4.74 Å². The molecule has 3 nitrogen and oxygen atoms in total. The number of benzene rings is 1. The molecule has 1 heterocycles. The largest absolute Gasteiger partial charge is 0.486 e. The van der Waals surface area contributed by atoms with Gasteiger partial charge in [0.25, 0.3) is 0 Å². The molecule has 2 N–H and O–H groups in total. The summed E-state index contributed by atoms with van der Waals surface area (Å²) in [6.07, 6.45) is 3.58. The summed E-state index contributed by atoms with van der Waals surface area (Å²) in [6, 6.07) is 7.46. The molecule has 1 aliphatic rings. The molecule has 0 aliphatic heterocycles. The van der Waals surface area contributed by atoms with Gasteiger partial charge in [0.05, 0.1) is 5.69 Å². The normalized spacial score (nSPS) is 13.6. The number of ether oxygens (including phenoxy) is 1. The highest BCUT2D eigenvalue weighted by Gasteiger charge is 2.16. The number of fused-ring (bicyclic) bond motifs is 1. The Balaban J connectivity index is 1.65. The molecule has 0 radical (unpaired) electrons. The van der Waals surface area contributed by atoms with Crippen LogP contribution < -0.4 is 10.5 Å². The Kier molecular flexibility index (Phi) is 2.73. The fraction of sp³-hybridized carbons (Fsp3) is 0.308. The summed E-state index contributed by atoms with van der Waals surface area (Å²) in [7, 11) is 0. The maximum Gasteiger partial charge on any atom is 0.140 e. The lowest BCUT2D eigenvalue weighted by molar-refractivity contribution is 0.305. The Bertz CT molecular complexity index is 497. The first kappa shape index (κ1) is 10.6. The summed E-state index contributed by atoms with van der Waals surface area (Å²) in [5, 5.41) is 1.08. The molecule has 1 aromatic carbocycles. The summed E-state index contributed by atoms with van der Waals surface area (Å²) in [5.41, 5.74) is 7.66. The van der Waals surface area contributed by atoms with Gasteiger partial charge in [-0.1, -0.05) is 0 Å². The minimum atomic E-state index is 0.557. The van der Waals surface area contributed by atoms with Gasteiger partial charge < -0.3 is 10.5 Å². The van der Waals surface area contributed by atoms with Crippen LogP contribution in [-0.4, -0.2) is 4.98 Å². The number of anilines is 1. The summed E-state index contributed by atoms with van der Waals surface area (Å²) in [5.74, 6) is 0.842. The molecular formula is C13H14N2OS. The van der Waals surface area contributed by atoms with Crippen molar-refractivity contribution in [2.24, 2.45) is 0 Å². The van der Waals surface area contributed by atoms with Crippen molar-refractivity contribution in [1.82, 2.24) is 4.98 Å². The smallest absolute Gasteiger partial charge is 0.140 e. The van der Waals surface area contributed by atoms with Crippen LogP contribution in [0.4, 0.5) is 5.69 Å². The molecule has 3 rings (SSSR count). The summed E-state index contributed by atoms with van der Waals surface area (Å²) in [4.78, 5) is 6.04. The predicted molar refractivity (Wildman–Crippen MR) is 69.3 cm³/mol. The van der Waals surface area contributed by atoms with Gasteiger partial charge in [-0.25, -0.2) is 4.98 Å². The molecule has 1 aliphatic carbocycles. The zero-order valence-electron chi connectivity index (χ0n) is 9.48. The average molecular weight is 246 g/mol. The molecule has 0 atom stereocenters. The molecule has 0 spiro atoms. The van der Waals surface area contributed by atoms with Crippen LogP contribution in [-0.2, 0) is 19.4 Å². The Morgan fingerprint density at radius 1 is 1.24 bits per heavy atom. The van der Waals surface area contributed by atoms with E-state index in [-0.39, 0.29) is 0 Å². The molecule has 17 heavy (non-hydrogen) atoms. The number of aryl methyl sites for hydroxylation is 2. The van der Waals surface area contributed by atoms with E-state index in [9.17, 15) is 0 Å². The van der Waals surface area contributed by atoms with Crippen molar-refractivity contribution in [2.75, 3.05) is 5.73 Å². The number of hydrogen-bond donors (Lipinski definition) is 1. The highest BCUT2D eigenvalue weighted by molar-refractivity contribution is 7.11. The van der Waals surface area contributed by atoms with Crippen LogP contribution in [0.2, 0.25) is 0 Å². The van der Waals surface area contributed by atoms with E-state index in [1.807, 2.05) is 24.3 Å². The number of nitrogen functional groups attached to an aromatic ring is 1. The lowest BCUT2D eigenvalue weighted by Gasteiger charge is -2.03. The number of hydrogen-bond acceptors (Lipinski definition) is 4. The quantitative estimate of drug-likeness (QED) is 0.847. The van der Waals surface area contributed by atoms with Gasteiger partial charge in [0.2, 0.25) is 0 Å². The number of nitrogens with two attached hydrogens (primary N) is 1. The van der Waals surface area contributed by atoms with E-state index >= 15 is 0 Å². The maximum atomic E-state index is 5.68. The fourth-order valence-corrected chi connectivity index (χ4v) is 3.08. The maximum absolute atomic E-state index is 5.68. The molecule has 0 saturated carbocycles. The van der Waals surface area contributed by atoms with Crippen molar-refractivity contribution >= 4 is 17.0 Å². The Morgan fingerprint density at radius 3 is 2.82 bits per heavy atom. The lowest BCUT2D eigenvalue weighted by Crippen LogP contribution is -1.95. The molecule has 4 heteroatoms. The Morgan fingerprint density at radius 2 is 2.06 bits per heavy atom. The highest BCUT2D eigenvalue weighted by atomic mass is 32.1.